The van der Waals surface area contributed by atoms with Gasteiger partial charge in [0.1, 0.15) is 0 Å². The summed E-state index contributed by atoms with van der Waals surface area (Å²) in [5.41, 5.74) is 9.41. The number of unbranched alkanes of at least 4 members (excludes halogenated alkanes) is 1. The molecule has 0 aromatic rings. The maximum atomic E-state index is 10.5. The van der Waals surface area contributed by atoms with Crippen molar-refractivity contribution in [3.8, 4) is 6.07 Å². The largest absolute Gasteiger partial charge is 0.365 e. The van der Waals surface area contributed by atoms with Crippen LogP contribution in [0.25, 0.3) is 0 Å². The predicted molar refractivity (Wildman–Crippen MR) is 41.3 cm³/mol. The zero-order chi connectivity index (χ0) is 9.56. The van der Waals surface area contributed by atoms with Crippen molar-refractivity contribution in [3.05, 3.63) is 11.6 Å². The molecule has 5 heteroatoms. The van der Waals surface area contributed by atoms with Crippen LogP contribution in [0.5, 0.6) is 0 Å². The smallest absolute Gasteiger partial charge is 0.253 e. The van der Waals surface area contributed by atoms with Crippen molar-refractivity contribution in [1.29, 1.82) is 5.26 Å². The van der Waals surface area contributed by atoms with E-state index in [1.54, 1.807) is 0 Å². The highest BCUT2D eigenvalue weighted by molar-refractivity contribution is 6.17. The first-order valence-corrected chi connectivity index (χ1v) is 3.26. The molecule has 0 aliphatic rings. The van der Waals surface area contributed by atoms with E-state index in [9.17, 15) is 9.59 Å². The van der Waals surface area contributed by atoms with Crippen LogP contribution in [-0.2, 0) is 9.59 Å². The fourth-order valence-electron chi connectivity index (χ4n) is 0.604. The van der Waals surface area contributed by atoms with Crippen LogP contribution >= 0.6 is 0 Å². The number of rotatable bonds is 4. The van der Waals surface area contributed by atoms with Crippen molar-refractivity contribution in [2.45, 2.75) is 12.8 Å². The number of carbonyl (C=O) groups excluding carboxylic acids is 2. The molecule has 5 nitrogen and oxygen atoms in total. The maximum Gasteiger partial charge on any atom is 0.253 e. The second-order valence-corrected chi connectivity index (χ2v) is 2.04. The normalized spacial score (nSPS) is 8.25. The number of allylic oxidation sites excluding steroid dienone is 1. The van der Waals surface area contributed by atoms with Crippen molar-refractivity contribution in [2.75, 3.05) is 0 Å². The molecule has 4 N–H and O–H groups in total. The van der Waals surface area contributed by atoms with Gasteiger partial charge in [-0.1, -0.05) is 6.08 Å². The first kappa shape index (κ1) is 10.2. The number of nitrogens with two attached hydrogens (primary N) is 2. The molecule has 0 radical (unpaired) electrons. The lowest BCUT2D eigenvalue weighted by atomic mass is 10.2. The molecule has 0 heterocycles. The summed E-state index contributed by atoms with van der Waals surface area (Å²) in [5.74, 6) is -1.72. The highest BCUT2D eigenvalue weighted by Gasteiger charge is 2.09. The molecule has 0 unspecified atom stereocenters. The van der Waals surface area contributed by atoms with Gasteiger partial charge in [0.25, 0.3) is 11.8 Å². The van der Waals surface area contributed by atoms with Gasteiger partial charge in [-0.15, -0.1) is 0 Å². The van der Waals surface area contributed by atoms with Crippen molar-refractivity contribution >= 4 is 11.8 Å². The summed E-state index contributed by atoms with van der Waals surface area (Å²) in [7, 11) is 0. The van der Waals surface area contributed by atoms with Crippen LogP contribution in [0.4, 0.5) is 0 Å². The molecule has 2 amide bonds. The third kappa shape index (κ3) is 3.37. The molecule has 0 aromatic heterocycles. The van der Waals surface area contributed by atoms with Crippen molar-refractivity contribution < 1.29 is 9.59 Å². The second kappa shape index (κ2) is 4.91. The van der Waals surface area contributed by atoms with Gasteiger partial charge in [-0.05, 0) is 6.42 Å². The molecule has 12 heavy (non-hydrogen) atoms. The standard InChI is InChI=1S/C7H9N3O2/c8-4-2-1-3-5(6(9)11)7(10)12/h3H,1-2H2,(H2,9,11)(H2,10,12). The zero-order valence-corrected chi connectivity index (χ0v) is 6.41. The Kier molecular flexibility index (Phi) is 4.16. The quantitative estimate of drug-likeness (QED) is 0.247. The molecule has 0 spiro atoms. The number of amides is 2. The Morgan fingerprint density at radius 2 is 1.83 bits per heavy atom. The molecule has 0 fully saturated rings. The van der Waals surface area contributed by atoms with Gasteiger partial charge >= 0.3 is 0 Å². The van der Waals surface area contributed by atoms with E-state index in [1.807, 2.05) is 6.07 Å². The fourth-order valence-corrected chi connectivity index (χ4v) is 0.604. The molecular formula is C7H9N3O2. The molecular weight excluding hydrogens is 158 g/mol. The summed E-state index contributed by atoms with van der Waals surface area (Å²) in [5, 5.41) is 8.14. The highest BCUT2D eigenvalue weighted by atomic mass is 16.2. The molecule has 0 aliphatic carbocycles. The highest BCUT2D eigenvalue weighted by Crippen LogP contribution is 1.97. The van der Waals surface area contributed by atoms with E-state index < -0.39 is 11.8 Å². The number of primary amides is 2. The number of hydrogen-bond acceptors (Lipinski definition) is 3. The van der Waals surface area contributed by atoms with Gasteiger partial charge in [-0.3, -0.25) is 9.59 Å². The number of hydrogen-bond donors (Lipinski definition) is 2. The van der Waals surface area contributed by atoms with E-state index in [0.29, 0.717) is 6.42 Å². The third-order valence-corrected chi connectivity index (χ3v) is 1.14. The monoisotopic (exact) mass is 167 g/mol. The third-order valence-electron chi connectivity index (χ3n) is 1.14. The van der Waals surface area contributed by atoms with E-state index in [4.69, 9.17) is 16.7 Å². The Hall–Kier alpha value is -1.83. The minimum Gasteiger partial charge on any atom is -0.365 e. The topological polar surface area (TPSA) is 110 Å². The van der Waals surface area contributed by atoms with Crippen LogP contribution in [0, 0.1) is 11.3 Å². The van der Waals surface area contributed by atoms with E-state index >= 15 is 0 Å². The number of carbonyl (C=O) groups is 2. The van der Waals surface area contributed by atoms with Crippen LogP contribution in [-0.4, -0.2) is 11.8 Å². The Bertz CT molecular complexity index is 246. The summed E-state index contributed by atoms with van der Waals surface area (Å²) in [6.07, 6.45) is 1.80. The van der Waals surface area contributed by atoms with Gasteiger partial charge in [0.15, 0.2) is 0 Å². The first-order chi connectivity index (χ1) is 5.59. The first-order valence-electron chi connectivity index (χ1n) is 3.26. The molecule has 0 atom stereocenters. The summed E-state index contributed by atoms with van der Waals surface area (Å²) in [4.78, 5) is 21.0. The van der Waals surface area contributed by atoms with Crippen LogP contribution < -0.4 is 11.5 Å². The minimum absolute atomic E-state index is 0.226. The van der Waals surface area contributed by atoms with E-state index in [2.05, 4.69) is 0 Å². The zero-order valence-electron chi connectivity index (χ0n) is 6.41. The van der Waals surface area contributed by atoms with Gasteiger partial charge in [0.05, 0.1) is 11.6 Å². The van der Waals surface area contributed by atoms with Crippen LogP contribution in [0.2, 0.25) is 0 Å². The molecule has 0 bridgehead atoms. The van der Waals surface area contributed by atoms with Crippen molar-refractivity contribution in [2.24, 2.45) is 11.5 Å². The van der Waals surface area contributed by atoms with Crippen LogP contribution in [0.15, 0.2) is 11.6 Å². The van der Waals surface area contributed by atoms with Crippen molar-refractivity contribution in [1.82, 2.24) is 0 Å². The summed E-state index contributed by atoms with van der Waals surface area (Å²) in [6, 6.07) is 1.85. The van der Waals surface area contributed by atoms with Gasteiger partial charge in [-0.25, -0.2) is 0 Å². The molecule has 64 valence electrons. The maximum absolute atomic E-state index is 10.5. The average Bonchev–Trinajstić information content (AvgIpc) is 1.96. The van der Waals surface area contributed by atoms with E-state index in [0.717, 1.165) is 0 Å². The van der Waals surface area contributed by atoms with Crippen LogP contribution in [0.3, 0.4) is 0 Å². The van der Waals surface area contributed by atoms with Crippen molar-refractivity contribution in [3.63, 3.8) is 0 Å². The van der Waals surface area contributed by atoms with Crippen LogP contribution in [0.1, 0.15) is 12.8 Å². The molecule has 0 rings (SSSR count). The van der Waals surface area contributed by atoms with Gasteiger partial charge < -0.3 is 11.5 Å². The molecule has 0 saturated heterocycles. The van der Waals surface area contributed by atoms with Gasteiger partial charge in [-0.2, -0.15) is 5.26 Å². The Labute approximate surface area is 69.6 Å². The van der Waals surface area contributed by atoms with Gasteiger partial charge in [0.2, 0.25) is 0 Å². The Morgan fingerprint density at radius 3 is 2.17 bits per heavy atom. The molecule has 0 aliphatic heterocycles. The fraction of sp³-hybridized carbons (Fsp3) is 0.286. The number of nitrogens with zero attached hydrogens (tertiary/aromatic N) is 1. The predicted octanol–water partition coefficient (Wildman–Crippen LogP) is -0.813. The summed E-state index contributed by atoms with van der Waals surface area (Å²) in [6.45, 7) is 0. The lowest BCUT2D eigenvalue weighted by molar-refractivity contribution is -0.120. The summed E-state index contributed by atoms with van der Waals surface area (Å²) < 4.78 is 0. The Balaban J connectivity index is 4.32. The number of nitriles is 1. The SMILES string of the molecule is N#CCCC=C(C(N)=O)C(N)=O. The Morgan fingerprint density at radius 1 is 1.33 bits per heavy atom. The lowest BCUT2D eigenvalue weighted by Gasteiger charge is -1.94. The summed E-state index contributed by atoms with van der Waals surface area (Å²) >= 11 is 0. The second-order valence-electron chi connectivity index (χ2n) is 2.04. The molecule has 0 aromatic carbocycles. The average molecular weight is 167 g/mol. The lowest BCUT2D eigenvalue weighted by Crippen LogP contribution is -2.26. The van der Waals surface area contributed by atoms with E-state index in [-0.39, 0.29) is 12.0 Å². The molecule has 0 saturated carbocycles. The minimum atomic E-state index is -0.861. The van der Waals surface area contributed by atoms with Gasteiger partial charge in [0, 0.05) is 6.42 Å². The van der Waals surface area contributed by atoms with E-state index in [1.165, 1.54) is 6.08 Å².